The van der Waals surface area contributed by atoms with Gasteiger partial charge in [0.05, 0.1) is 11.1 Å². The molecule has 0 saturated carbocycles. The van der Waals surface area contributed by atoms with Crippen molar-refractivity contribution in [2.75, 3.05) is 26.2 Å². The van der Waals surface area contributed by atoms with Crippen molar-refractivity contribution in [3.05, 3.63) is 69.0 Å². The molecular formula is C22H24Cl2FN3O2. The Morgan fingerprint density at radius 3 is 2.47 bits per heavy atom. The summed E-state index contributed by atoms with van der Waals surface area (Å²) < 4.78 is 13.8. The van der Waals surface area contributed by atoms with Crippen LogP contribution in [0.25, 0.3) is 0 Å². The molecule has 0 bridgehead atoms. The number of urea groups is 1. The van der Waals surface area contributed by atoms with E-state index in [2.05, 4.69) is 5.32 Å². The summed E-state index contributed by atoms with van der Waals surface area (Å²) in [5, 5.41) is 3.08. The number of carbonyl (C=O) groups excluding carboxylic acids is 2. The van der Waals surface area contributed by atoms with Crippen LogP contribution in [0.2, 0.25) is 10.0 Å². The SMILES string of the molecule is Cc1cccc(C(=O)N2CCCN(C(=O)NC(C)c3cc(F)c(Cl)cc3Cl)CC2)c1. The fraction of sp³-hybridized carbons (Fsp3) is 0.364. The highest BCUT2D eigenvalue weighted by atomic mass is 35.5. The molecule has 2 aromatic rings. The number of rotatable bonds is 3. The van der Waals surface area contributed by atoms with E-state index in [1.165, 1.54) is 12.1 Å². The molecule has 1 heterocycles. The van der Waals surface area contributed by atoms with Gasteiger partial charge < -0.3 is 15.1 Å². The van der Waals surface area contributed by atoms with E-state index >= 15 is 0 Å². The fourth-order valence-corrected chi connectivity index (χ4v) is 4.06. The maximum absolute atomic E-state index is 13.8. The summed E-state index contributed by atoms with van der Waals surface area (Å²) in [6.07, 6.45) is 0.676. The molecule has 1 fully saturated rings. The van der Waals surface area contributed by atoms with E-state index in [1.807, 2.05) is 25.1 Å². The van der Waals surface area contributed by atoms with Crippen molar-refractivity contribution < 1.29 is 14.0 Å². The van der Waals surface area contributed by atoms with Crippen molar-refractivity contribution in [2.45, 2.75) is 26.3 Å². The molecule has 1 atom stereocenters. The van der Waals surface area contributed by atoms with Crippen LogP contribution in [0.4, 0.5) is 9.18 Å². The number of carbonyl (C=O) groups is 2. The van der Waals surface area contributed by atoms with E-state index < -0.39 is 11.9 Å². The number of aryl methyl sites for hydroxylation is 1. The summed E-state index contributed by atoms with van der Waals surface area (Å²) in [7, 11) is 0. The summed E-state index contributed by atoms with van der Waals surface area (Å²) in [6, 6.07) is 9.29. The Balaban J connectivity index is 1.61. The van der Waals surface area contributed by atoms with E-state index in [4.69, 9.17) is 23.2 Å². The normalized spacial score (nSPS) is 15.5. The molecule has 1 N–H and O–H groups in total. The molecule has 5 nitrogen and oxygen atoms in total. The Labute approximate surface area is 185 Å². The van der Waals surface area contributed by atoms with Crippen LogP contribution < -0.4 is 5.32 Å². The number of hydrogen-bond donors (Lipinski definition) is 1. The molecule has 8 heteroatoms. The third-order valence-electron chi connectivity index (χ3n) is 5.18. The summed E-state index contributed by atoms with van der Waals surface area (Å²) in [6.45, 7) is 5.66. The first-order valence-electron chi connectivity index (χ1n) is 9.82. The van der Waals surface area contributed by atoms with E-state index in [9.17, 15) is 14.0 Å². The standard InChI is InChI=1S/C22H24Cl2FN3O2/c1-14-5-3-6-16(11-14)21(29)27-7-4-8-28(10-9-27)22(30)26-15(2)17-12-20(25)19(24)13-18(17)23/h3,5-6,11-13,15H,4,7-10H2,1-2H3,(H,26,30). The molecule has 0 aromatic heterocycles. The lowest BCUT2D eigenvalue weighted by Crippen LogP contribution is -2.43. The van der Waals surface area contributed by atoms with Crippen molar-refractivity contribution in [1.29, 1.82) is 0 Å². The largest absolute Gasteiger partial charge is 0.337 e. The smallest absolute Gasteiger partial charge is 0.317 e. The summed E-state index contributed by atoms with van der Waals surface area (Å²) in [5.74, 6) is -0.616. The number of nitrogens with zero attached hydrogens (tertiary/aromatic N) is 2. The monoisotopic (exact) mass is 451 g/mol. The maximum atomic E-state index is 13.8. The molecule has 1 aliphatic heterocycles. The summed E-state index contributed by atoms with van der Waals surface area (Å²) >= 11 is 11.9. The van der Waals surface area contributed by atoms with Crippen LogP contribution in [0.15, 0.2) is 36.4 Å². The lowest BCUT2D eigenvalue weighted by molar-refractivity contribution is 0.0762. The van der Waals surface area contributed by atoms with Gasteiger partial charge in [-0.2, -0.15) is 0 Å². The van der Waals surface area contributed by atoms with Crippen LogP contribution >= 0.6 is 23.2 Å². The van der Waals surface area contributed by atoms with E-state index in [1.54, 1.807) is 22.8 Å². The first-order chi connectivity index (χ1) is 14.3. The van der Waals surface area contributed by atoms with Crippen LogP contribution in [-0.2, 0) is 0 Å². The molecule has 30 heavy (non-hydrogen) atoms. The van der Waals surface area contributed by atoms with Crippen LogP contribution in [0.5, 0.6) is 0 Å². The average Bonchev–Trinajstić information content (AvgIpc) is 2.96. The second kappa shape index (κ2) is 9.67. The zero-order valence-electron chi connectivity index (χ0n) is 16.9. The topological polar surface area (TPSA) is 52.7 Å². The van der Waals surface area contributed by atoms with Crippen LogP contribution in [0.1, 0.15) is 40.9 Å². The van der Waals surface area contributed by atoms with E-state index in [-0.39, 0.29) is 17.0 Å². The van der Waals surface area contributed by atoms with Crippen molar-refractivity contribution in [2.24, 2.45) is 0 Å². The Morgan fingerprint density at radius 1 is 1.03 bits per heavy atom. The number of benzene rings is 2. The van der Waals surface area contributed by atoms with Crippen LogP contribution in [-0.4, -0.2) is 47.9 Å². The Kier molecular flexibility index (Phi) is 7.21. The third-order valence-corrected chi connectivity index (χ3v) is 5.80. The highest BCUT2D eigenvalue weighted by Crippen LogP contribution is 2.28. The predicted octanol–water partition coefficient (Wildman–Crippen LogP) is 5.06. The Morgan fingerprint density at radius 2 is 1.73 bits per heavy atom. The molecule has 0 aliphatic carbocycles. The van der Waals surface area contributed by atoms with E-state index in [0.29, 0.717) is 48.7 Å². The van der Waals surface area contributed by atoms with Gasteiger partial charge in [0.15, 0.2) is 0 Å². The number of amides is 3. The van der Waals surface area contributed by atoms with Gasteiger partial charge in [-0.3, -0.25) is 4.79 Å². The zero-order chi connectivity index (χ0) is 21.8. The highest BCUT2D eigenvalue weighted by molar-refractivity contribution is 6.35. The molecule has 3 amide bonds. The third kappa shape index (κ3) is 5.24. The Bertz CT molecular complexity index is 954. The second-order valence-electron chi connectivity index (χ2n) is 7.46. The molecule has 1 aliphatic rings. The second-order valence-corrected chi connectivity index (χ2v) is 8.28. The molecule has 0 spiro atoms. The molecule has 1 saturated heterocycles. The molecule has 160 valence electrons. The highest BCUT2D eigenvalue weighted by Gasteiger charge is 2.24. The lowest BCUT2D eigenvalue weighted by Gasteiger charge is -2.25. The summed E-state index contributed by atoms with van der Waals surface area (Å²) in [4.78, 5) is 29.0. The van der Waals surface area contributed by atoms with E-state index in [0.717, 1.165) is 5.56 Å². The number of nitrogens with one attached hydrogen (secondary N) is 1. The summed E-state index contributed by atoms with van der Waals surface area (Å²) in [5.41, 5.74) is 2.14. The quantitative estimate of drug-likeness (QED) is 0.662. The van der Waals surface area contributed by atoms with Crippen LogP contribution in [0, 0.1) is 12.7 Å². The van der Waals surface area contributed by atoms with Gasteiger partial charge in [-0.1, -0.05) is 40.9 Å². The molecule has 1 unspecified atom stereocenters. The molecule has 3 rings (SSSR count). The Hall–Kier alpha value is -2.31. The van der Waals surface area contributed by atoms with Gasteiger partial charge in [-0.25, -0.2) is 9.18 Å². The minimum absolute atomic E-state index is 0.0299. The van der Waals surface area contributed by atoms with Crippen molar-refractivity contribution >= 4 is 35.1 Å². The minimum atomic E-state index is -0.586. The van der Waals surface area contributed by atoms with Gasteiger partial charge >= 0.3 is 6.03 Å². The van der Waals surface area contributed by atoms with Crippen molar-refractivity contribution in [1.82, 2.24) is 15.1 Å². The first-order valence-corrected chi connectivity index (χ1v) is 10.6. The molecule has 0 radical (unpaired) electrons. The van der Waals surface area contributed by atoms with Gasteiger partial charge in [-0.15, -0.1) is 0 Å². The maximum Gasteiger partial charge on any atom is 0.317 e. The van der Waals surface area contributed by atoms with Gasteiger partial charge in [0, 0.05) is 36.8 Å². The van der Waals surface area contributed by atoms with Gasteiger partial charge in [-0.05, 0) is 50.1 Å². The van der Waals surface area contributed by atoms with Crippen molar-refractivity contribution in [3.8, 4) is 0 Å². The molecular weight excluding hydrogens is 428 g/mol. The minimum Gasteiger partial charge on any atom is -0.337 e. The van der Waals surface area contributed by atoms with Gasteiger partial charge in [0.2, 0.25) is 0 Å². The zero-order valence-corrected chi connectivity index (χ0v) is 18.4. The first kappa shape index (κ1) is 22.4. The number of hydrogen-bond acceptors (Lipinski definition) is 2. The number of halogens is 3. The van der Waals surface area contributed by atoms with Gasteiger partial charge in [0.25, 0.3) is 5.91 Å². The average molecular weight is 452 g/mol. The van der Waals surface area contributed by atoms with Crippen molar-refractivity contribution in [3.63, 3.8) is 0 Å². The lowest BCUT2D eigenvalue weighted by atomic mass is 10.1. The van der Waals surface area contributed by atoms with Gasteiger partial charge in [0.1, 0.15) is 5.82 Å². The van der Waals surface area contributed by atoms with Crippen LogP contribution in [0.3, 0.4) is 0 Å². The fourth-order valence-electron chi connectivity index (χ4n) is 3.51. The predicted molar refractivity (Wildman–Crippen MR) is 117 cm³/mol. The molecule has 2 aromatic carbocycles.